The van der Waals surface area contributed by atoms with Crippen molar-refractivity contribution >= 4 is 40.7 Å². The van der Waals surface area contributed by atoms with Crippen molar-refractivity contribution in [2.45, 2.75) is 26.7 Å². The first kappa shape index (κ1) is 23.6. The molecule has 34 heavy (non-hydrogen) atoms. The van der Waals surface area contributed by atoms with Crippen LogP contribution in [-0.2, 0) is 4.79 Å². The fraction of sp³-hybridized carbons (Fsp3) is 0.269. The lowest BCUT2D eigenvalue weighted by atomic mass is 9.96. The minimum absolute atomic E-state index is 0.0674. The van der Waals surface area contributed by atoms with Crippen LogP contribution in [0.15, 0.2) is 59.2 Å². The molecule has 1 fully saturated rings. The molecule has 0 bridgehead atoms. The largest absolute Gasteiger partial charge is 0.459 e. The summed E-state index contributed by atoms with van der Waals surface area (Å²) in [6.07, 6.45) is 2.81. The number of rotatable bonds is 5. The molecule has 0 aliphatic carbocycles. The summed E-state index contributed by atoms with van der Waals surface area (Å²) in [5.41, 5.74) is 3.48. The summed E-state index contributed by atoms with van der Waals surface area (Å²) in [5.74, 6) is -0.959. The summed E-state index contributed by atoms with van der Waals surface area (Å²) in [6.45, 7) is 4.87. The Morgan fingerprint density at radius 3 is 2.47 bits per heavy atom. The van der Waals surface area contributed by atoms with Crippen LogP contribution in [0.4, 0.5) is 11.4 Å². The fourth-order valence-electron chi connectivity index (χ4n) is 4.21. The number of aryl methyl sites for hydroxylation is 2. The molecule has 4 rings (SSSR count). The number of halogens is 1. The number of carbonyl (C=O) groups is 3. The number of likely N-dealkylation sites (tertiary alicyclic amines) is 1. The van der Waals surface area contributed by atoms with Crippen molar-refractivity contribution in [3.8, 4) is 0 Å². The molecule has 2 N–H and O–H groups in total. The van der Waals surface area contributed by atoms with Gasteiger partial charge in [0.1, 0.15) is 0 Å². The summed E-state index contributed by atoms with van der Waals surface area (Å²) >= 11 is 6.11. The van der Waals surface area contributed by atoms with Gasteiger partial charge in [0, 0.05) is 23.7 Å². The zero-order valence-corrected chi connectivity index (χ0v) is 19.8. The Kier molecular flexibility index (Phi) is 7.03. The molecular weight excluding hydrogens is 454 g/mol. The summed E-state index contributed by atoms with van der Waals surface area (Å²) in [6, 6.07) is 13.8. The van der Waals surface area contributed by atoms with E-state index in [-0.39, 0.29) is 23.5 Å². The third-order valence-corrected chi connectivity index (χ3v) is 6.02. The van der Waals surface area contributed by atoms with Crippen molar-refractivity contribution in [2.75, 3.05) is 23.7 Å². The smallest absolute Gasteiger partial charge is 0.291 e. The van der Waals surface area contributed by atoms with Crippen molar-refractivity contribution in [1.82, 2.24) is 4.90 Å². The van der Waals surface area contributed by atoms with Crippen LogP contribution in [0.25, 0.3) is 0 Å². The predicted octanol–water partition coefficient (Wildman–Crippen LogP) is 5.29. The zero-order chi connectivity index (χ0) is 24.2. The minimum Gasteiger partial charge on any atom is -0.459 e. The van der Waals surface area contributed by atoms with Gasteiger partial charge in [-0.15, -0.1) is 0 Å². The molecular formula is C26H26ClN3O4. The molecule has 1 atom stereocenters. The van der Waals surface area contributed by atoms with Crippen LogP contribution in [0.3, 0.4) is 0 Å². The quantitative estimate of drug-likeness (QED) is 0.520. The molecule has 176 valence electrons. The second-order valence-corrected chi connectivity index (χ2v) is 9.01. The lowest BCUT2D eigenvalue weighted by molar-refractivity contribution is -0.121. The molecule has 0 saturated carbocycles. The molecule has 1 aliphatic heterocycles. The number of hydrogen-bond acceptors (Lipinski definition) is 4. The van der Waals surface area contributed by atoms with Gasteiger partial charge < -0.3 is 20.0 Å². The lowest BCUT2D eigenvalue weighted by Gasteiger charge is -2.32. The normalized spacial score (nSPS) is 15.6. The van der Waals surface area contributed by atoms with Crippen LogP contribution in [0.5, 0.6) is 0 Å². The van der Waals surface area contributed by atoms with Gasteiger partial charge in [0.2, 0.25) is 5.91 Å². The Morgan fingerprint density at radius 1 is 1.00 bits per heavy atom. The highest BCUT2D eigenvalue weighted by atomic mass is 35.5. The van der Waals surface area contributed by atoms with Gasteiger partial charge in [-0.1, -0.05) is 28.8 Å². The van der Waals surface area contributed by atoms with Gasteiger partial charge in [0.25, 0.3) is 11.8 Å². The van der Waals surface area contributed by atoms with E-state index in [9.17, 15) is 14.4 Å². The summed E-state index contributed by atoms with van der Waals surface area (Å²) < 4.78 is 5.13. The van der Waals surface area contributed by atoms with E-state index in [2.05, 4.69) is 10.6 Å². The van der Waals surface area contributed by atoms with Gasteiger partial charge in [0.15, 0.2) is 5.76 Å². The third kappa shape index (κ3) is 5.48. The van der Waals surface area contributed by atoms with Gasteiger partial charge in [-0.05, 0) is 69.2 Å². The van der Waals surface area contributed by atoms with Crippen molar-refractivity contribution in [1.29, 1.82) is 0 Å². The maximum absolute atomic E-state index is 13.1. The van der Waals surface area contributed by atoms with Crippen LogP contribution < -0.4 is 10.6 Å². The van der Waals surface area contributed by atoms with E-state index < -0.39 is 5.91 Å². The monoisotopic (exact) mass is 479 g/mol. The number of nitrogens with zero attached hydrogens (tertiary/aromatic N) is 1. The second kappa shape index (κ2) is 10.1. The Labute approximate surface area is 203 Å². The van der Waals surface area contributed by atoms with Gasteiger partial charge >= 0.3 is 0 Å². The minimum atomic E-state index is -0.453. The van der Waals surface area contributed by atoms with E-state index in [0.717, 1.165) is 17.5 Å². The molecule has 1 aliphatic rings. The van der Waals surface area contributed by atoms with Crippen LogP contribution in [-0.4, -0.2) is 35.7 Å². The molecule has 8 heteroatoms. The molecule has 1 saturated heterocycles. The van der Waals surface area contributed by atoms with Crippen molar-refractivity contribution < 1.29 is 18.8 Å². The Hall–Kier alpha value is -3.58. The van der Waals surface area contributed by atoms with E-state index in [1.807, 2.05) is 32.0 Å². The Morgan fingerprint density at radius 2 is 1.76 bits per heavy atom. The number of furan rings is 1. The maximum Gasteiger partial charge on any atom is 0.291 e. The molecule has 3 aromatic rings. The molecule has 2 heterocycles. The van der Waals surface area contributed by atoms with E-state index in [4.69, 9.17) is 16.0 Å². The second-order valence-electron chi connectivity index (χ2n) is 8.58. The van der Waals surface area contributed by atoms with Gasteiger partial charge in [-0.25, -0.2) is 0 Å². The van der Waals surface area contributed by atoms with E-state index in [1.54, 1.807) is 35.2 Å². The molecule has 2 aromatic carbocycles. The molecule has 7 nitrogen and oxygen atoms in total. The number of piperidine rings is 1. The van der Waals surface area contributed by atoms with Crippen LogP contribution >= 0.6 is 11.6 Å². The van der Waals surface area contributed by atoms with Crippen LogP contribution in [0, 0.1) is 19.8 Å². The van der Waals surface area contributed by atoms with E-state index >= 15 is 0 Å². The topological polar surface area (TPSA) is 91.7 Å². The molecule has 1 unspecified atom stereocenters. The molecule has 3 amide bonds. The zero-order valence-electron chi connectivity index (χ0n) is 19.1. The number of carbonyl (C=O) groups excluding carboxylic acids is 3. The van der Waals surface area contributed by atoms with Crippen molar-refractivity contribution in [2.24, 2.45) is 5.92 Å². The highest BCUT2D eigenvalue weighted by Gasteiger charge is 2.29. The first-order chi connectivity index (χ1) is 16.3. The van der Waals surface area contributed by atoms with Gasteiger partial charge in [0.05, 0.1) is 23.6 Å². The Balaban J connectivity index is 1.46. The van der Waals surface area contributed by atoms with Gasteiger partial charge in [-0.3, -0.25) is 14.4 Å². The number of benzene rings is 2. The first-order valence-electron chi connectivity index (χ1n) is 11.1. The number of amides is 3. The number of anilines is 2. The SMILES string of the molecule is Cc1cc(C)cc(C(=O)N2CCCC(C(=O)Nc3ccc(Cl)cc3NC(=O)c3ccco3)C2)c1. The molecule has 0 spiro atoms. The fourth-order valence-corrected chi connectivity index (χ4v) is 4.38. The summed E-state index contributed by atoms with van der Waals surface area (Å²) in [5, 5.41) is 6.03. The average Bonchev–Trinajstić information content (AvgIpc) is 3.35. The average molecular weight is 480 g/mol. The molecule has 1 aromatic heterocycles. The van der Waals surface area contributed by atoms with E-state index in [1.165, 1.54) is 6.26 Å². The standard InChI is InChI=1S/C26H26ClN3O4/c1-16-11-17(2)13-19(12-16)26(33)30-9-3-5-18(15-30)24(31)28-21-8-7-20(27)14-22(21)29-25(32)23-6-4-10-34-23/h4,6-8,10-14,18H,3,5,9,15H2,1-2H3,(H,28,31)(H,29,32). The van der Waals surface area contributed by atoms with Crippen LogP contribution in [0.1, 0.15) is 44.9 Å². The Bertz CT molecular complexity index is 1200. The maximum atomic E-state index is 13.1. The number of nitrogens with one attached hydrogen (secondary N) is 2. The van der Waals surface area contributed by atoms with Gasteiger partial charge in [-0.2, -0.15) is 0 Å². The first-order valence-corrected chi connectivity index (χ1v) is 11.5. The highest BCUT2D eigenvalue weighted by molar-refractivity contribution is 6.31. The predicted molar refractivity (Wildman–Crippen MR) is 131 cm³/mol. The third-order valence-electron chi connectivity index (χ3n) is 5.78. The summed E-state index contributed by atoms with van der Waals surface area (Å²) in [4.78, 5) is 40.4. The lowest BCUT2D eigenvalue weighted by Crippen LogP contribution is -2.43. The molecule has 0 radical (unpaired) electrons. The highest BCUT2D eigenvalue weighted by Crippen LogP contribution is 2.28. The van der Waals surface area contributed by atoms with E-state index in [0.29, 0.717) is 41.5 Å². The van der Waals surface area contributed by atoms with Crippen LogP contribution in [0.2, 0.25) is 5.02 Å². The van der Waals surface area contributed by atoms with Crippen molar-refractivity contribution in [3.63, 3.8) is 0 Å². The summed E-state index contributed by atoms with van der Waals surface area (Å²) in [7, 11) is 0. The number of hydrogen-bond donors (Lipinski definition) is 2. The van der Waals surface area contributed by atoms with Crippen molar-refractivity contribution in [3.05, 3.63) is 82.3 Å².